The summed E-state index contributed by atoms with van der Waals surface area (Å²) >= 11 is 0. The SMILES string of the molecule is CC(=O)c1cc(Cc2ccccc2)oc1-c1ccc(C(N)=O)cc1. The van der Waals surface area contributed by atoms with E-state index in [1.807, 2.05) is 30.3 Å². The van der Waals surface area contributed by atoms with Crippen LogP contribution >= 0.6 is 0 Å². The molecule has 4 heteroatoms. The molecule has 120 valence electrons. The van der Waals surface area contributed by atoms with Crippen LogP contribution in [0.5, 0.6) is 0 Å². The number of ketones is 1. The predicted octanol–water partition coefficient (Wildman–Crippen LogP) is 3.84. The summed E-state index contributed by atoms with van der Waals surface area (Å²) in [6.45, 7) is 1.51. The zero-order valence-electron chi connectivity index (χ0n) is 13.3. The van der Waals surface area contributed by atoms with E-state index in [9.17, 15) is 9.59 Å². The third kappa shape index (κ3) is 3.27. The third-order valence-electron chi connectivity index (χ3n) is 3.82. The minimum atomic E-state index is -0.488. The molecule has 0 radical (unpaired) electrons. The van der Waals surface area contributed by atoms with E-state index >= 15 is 0 Å². The minimum absolute atomic E-state index is 0.0629. The fourth-order valence-corrected chi connectivity index (χ4v) is 2.59. The van der Waals surface area contributed by atoms with Gasteiger partial charge >= 0.3 is 0 Å². The molecule has 0 fully saturated rings. The molecule has 0 spiro atoms. The van der Waals surface area contributed by atoms with E-state index in [2.05, 4.69) is 0 Å². The summed E-state index contributed by atoms with van der Waals surface area (Å²) in [6.07, 6.45) is 0.612. The fraction of sp³-hybridized carbons (Fsp3) is 0.100. The maximum atomic E-state index is 11.9. The molecule has 1 aromatic heterocycles. The van der Waals surface area contributed by atoms with E-state index in [0.717, 1.165) is 16.9 Å². The standard InChI is InChI=1S/C20H17NO3/c1-13(22)18-12-17(11-14-5-3-2-4-6-14)24-19(18)15-7-9-16(10-8-15)20(21)23/h2-10,12H,11H2,1H3,(H2,21,23). The Kier molecular flexibility index (Phi) is 4.29. The Labute approximate surface area is 139 Å². The molecule has 2 aromatic carbocycles. The lowest BCUT2D eigenvalue weighted by atomic mass is 10.0. The number of hydrogen-bond acceptors (Lipinski definition) is 3. The molecular weight excluding hydrogens is 302 g/mol. The summed E-state index contributed by atoms with van der Waals surface area (Å²) in [7, 11) is 0. The molecule has 4 nitrogen and oxygen atoms in total. The van der Waals surface area contributed by atoms with Gasteiger partial charge in [-0.15, -0.1) is 0 Å². The van der Waals surface area contributed by atoms with E-state index in [-0.39, 0.29) is 5.78 Å². The van der Waals surface area contributed by atoms with E-state index < -0.39 is 5.91 Å². The van der Waals surface area contributed by atoms with Crippen LogP contribution in [0.25, 0.3) is 11.3 Å². The van der Waals surface area contributed by atoms with Gasteiger partial charge in [0, 0.05) is 17.5 Å². The minimum Gasteiger partial charge on any atom is -0.460 e. The molecule has 0 aliphatic heterocycles. The van der Waals surface area contributed by atoms with Crippen LogP contribution < -0.4 is 5.73 Å². The van der Waals surface area contributed by atoms with E-state index in [1.54, 1.807) is 30.3 Å². The van der Waals surface area contributed by atoms with Crippen LogP contribution in [0.2, 0.25) is 0 Å². The molecule has 24 heavy (non-hydrogen) atoms. The van der Waals surface area contributed by atoms with Crippen LogP contribution in [0.4, 0.5) is 0 Å². The van der Waals surface area contributed by atoms with E-state index in [1.165, 1.54) is 6.92 Å². The van der Waals surface area contributed by atoms with E-state index in [0.29, 0.717) is 23.3 Å². The molecular formula is C20H17NO3. The molecule has 1 heterocycles. The predicted molar refractivity (Wildman–Crippen MR) is 91.9 cm³/mol. The van der Waals surface area contributed by atoms with Crippen molar-refractivity contribution in [3.63, 3.8) is 0 Å². The van der Waals surface area contributed by atoms with Gasteiger partial charge in [-0.2, -0.15) is 0 Å². The van der Waals surface area contributed by atoms with Crippen molar-refractivity contribution in [2.75, 3.05) is 0 Å². The highest BCUT2D eigenvalue weighted by molar-refractivity contribution is 6.00. The molecule has 3 rings (SSSR count). The second-order valence-corrected chi connectivity index (χ2v) is 5.62. The quantitative estimate of drug-likeness (QED) is 0.726. The van der Waals surface area contributed by atoms with Gasteiger partial charge in [-0.1, -0.05) is 42.5 Å². The number of carbonyl (C=O) groups excluding carboxylic acids is 2. The molecule has 0 bridgehead atoms. The first-order valence-electron chi connectivity index (χ1n) is 7.62. The van der Waals surface area contributed by atoms with Crippen molar-refractivity contribution in [1.82, 2.24) is 0 Å². The first-order chi connectivity index (χ1) is 11.5. The molecule has 0 saturated heterocycles. The lowest BCUT2D eigenvalue weighted by Gasteiger charge is -2.02. The summed E-state index contributed by atoms with van der Waals surface area (Å²) in [4.78, 5) is 23.1. The normalized spacial score (nSPS) is 10.5. The van der Waals surface area contributed by atoms with Gasteiger partial charge in [0.2, 0.25) is 5.91 Å². The van der Waals surface area contributed by atoms with Crippen LogP contribution in [-0.4, -0.2) is 11.7 Å². The van der Waals surface area contributed by atoms with Crippen LogP contribution in [0, 0.1) is 0 Å². The largest absolute Gasteiger partial charge is 0.460 e. The lowest BCUT2D eigenvalue weighted by molar-refractivity contribution is 0.0996. The Hall–Kier alpha value is -3.14. The fourth-order valence-electron chi connectivity index (χ4n) is 2.59. The van der Waals surface area contributed by atoms with Gasteiger partial charge in [0.1, 0.15) is 11.5 Å². The molecule has 1 amide bonds. The number of primary amides is 1. The van der Waals surface area contributed by atoms with Gasteiger partial charge in [-0.25, -0.2) is 0 Å². The summed E-state index contributed by atoms with van der Waals surface area (Å²) in [6, 6.07) is 18.4. The van der Waals surface area contributed by atoms with Crippen LogP contribution in [0.15, 0.2) is 65.1 Å². The van der Waals surface area contributed by atoms with Crippen molar-refractivity contribution in [1.29, 1.82) is 0 Å². The maximum Gasteiger partial charge on any atom is 0.248 e. The maximum absolute atomic E-state index is 11.9. The van der Waals surface area contributed by atoms with Crippen molar-refractivity contribution < 1.29 is 14.0 Å². The Morgan fingerprint density at radius 2 is 1.67 bits per heavy atom. The third-order valence-corrected chi connectivity index (χ3v) is 3.82. The Bertz CT molecular complexity index is 877. The number of furan rings is 1. The average Bonchev–Trinajstić information content (AvgIpc) is 3.00. The molecule has 0 aliphatic carbocycles. The molecule has 0 atom stereocenters. The van der Waals surface area contributed by atoms with Gasteiger partial charge in [-0.05, 0) is 30.7 Å². The summed E-state index contributed by atoms with van der Waals surface area (Å²) in [5, 5.41) is 0. The van der Waals surface area contributed by atoms with Crippen LogP contribution in [-0.2, 0) is 6.42 Å². The molecule has 3 aromatic rings. The van der Waals surface area contributed by atoms with Crippen molar-refractivity contribution in [2.24, 2.45) is 5.73 Å². The van der Waals surface area contributed by atoms with Crippen LogP contribution in [0.3, 0.4) is 0 Å². The van der Waals surface area contributed by atoms with Crippen molar-refractivity contribution in [3.8, 4) is 11.3 Å². The Balaban J connectivity index is 1.97. The number of rotatable bonds is 5. The van der Waals surface area contributed by atoms with Gasteiger partial charge in [0.15, 0.2) is 5.78 Å². The first kappa shape index (κ1) is 15.7. The summed E-state index contributed by atoms with van der Waals surface area (Å²) in [5.74, 6) is 0.689. The van der Waals surface area contributed by atoms with Crippen molar-refractivity contribution >= 4 is 11.7 Å². The first-order valence-corrected chi connectivity index (χ1v) is 7.62. The topological polar surface area (TPSA) is 73.3 Å². The number of Topliss-reactive ketones (excluding diaryl/α,β-unsaturated/α-hetero) is 1. The zero-order chi connectivity index (χ0) is 17.1. The number of carbonyl (C=O) groups is 2. The second kappa shape index (κ2) is 6.54. The summed E-state index contributed by atoms with van der Waals surface area (Å²) in [5.41, 5.74) is 8.05. The Morgan fingerprint density at radius 3 is 2.25 bits per heavy atom. The number of amides is 1. The highest BCUT2D eigenvalue weighted by Crippen LogP contribution is 2.29. The van der Waals surface area contributed by atoms with E-state index in [4.69, 9.17) is 10.2 Å². The number of nitrogens with two attached hydrogens (primary N) is 1. The van der Waals surface area contributed by atoms with Crippen molar-refractivity contribution in [2.45, 2.75) is 13.3 Å². The smallest absolute Gasteiger partial charge is 0.248 e. The number of hydrogen-bond donors (Lipinski definition) is 1. The highest BCUT2D eigenvalue weighted by atomic mass is 16.3. The molecule has 0 unspecified atom stereocenters. The molecule has 0 saturated carbocycles. The molecule has 2 N–H and O–H groups in total. The highest BCUT2D eigenvalue weighted by Gasteiger charge is 2.17. The Morgan fingerprint density at radius 1 is 1.00 bits per heavy atom. The number of benzene rings is 2. The van der Waals surface area contributed by atoms with Gasteiger partial charge < -0.3 is 10.2 Å². The van der Waals surface area contributed by atoms with Gasteiger partial charge in [0.05, 0.1) is 5.56 Å². The van der Waals surface area contributed by atoms with Crippen molar-refractivity contribution in [3.05, 3.63) is 83.1 Å². The molecule has 0 aliphatic rings. The van der Waals surface area contributed by atoms with Gasteiger partial charge in [0.25, 0.3) is 0 Å². The van der Waals surface area contributed by atoms with Crippen LogP contribution in [0.1, 0.15) is 39.0 Å². The van der Waals surface area contributed by atoms with Gasteiger partial charge in [-0.3, -0.25) is 9.59 Å². The average molecular weight is 319 g/mol. The monoisotopic (exact) mass is 319 g/mol. The second-order valence-electron chi connectivity index (χ2n) is 5.62. The summed E-state index contributed by atoms with van der Waals surface area (Å²) < 4.78 is 5.93. The zero-order valence-corrected chi connectivity index (χ0v) is 13.3. The lowest BCUT2D eigenvalue weighted by Crippen LogP contribution is -2.10.